The molecule has 1 aromatic carbocycles. The second-order valence-electron chi connectivity index (χ2n) is 4.82. The van der Waals surface area contributed by atoms with Gasteiger partial charge in [-0.3, -0.25) is 4.79 Å². The van der Waals surface area contributed by atoms with Gasteiger partial charge in [-0.05, 0) is 30.5 Å². The van der Waals surface area contributed by atoms with Gasteiger partial charge in [0.1, 0.15) is 6.54 Å². The minimum Gasteiger partial charge on any atom is -0.480 e. The van der Waals surface area contributed by atoms with Gasteiger partial charge in [0.05, 0.1) is 6.61 Å². The Kier molecular flexibility index (Phi) is 4.57. The zero-order valence-electron chi connectivity index (χ0n) is 11.3. The molecule has 0 radical (unpaired) electrons. The Morgan fingerprint density at radius 1 is 1.45 bits per heavy atom. The molecule has 6 nitrogen and oxygen atoms in total. The molecular weight excluding hydrogens is 260 g/mol. The summed E-state index contributed by atoms with van der Waals surface area (Å²) in [5.41, 5.74) is 1.59. The SMILES string of the molecule is COCc1cccc(NC(=O)N(CC(=O)O)C2CC2)c1. The van der Waals surface area contributed by atoms with Crippen LogP contribution in [0.25, 0.3) is 0 Å². The molecule has 108 valence electrons. The van der Waals surface area contributed by atoms with E-state index >= 15 is 0 Å². The van der Waals surface area contributed by atoms with E-state index in [4.69, 9.17) is 9.84 Å². The number of urea groups is 1. The van der Waals surface area contributed by atoms with Gasteiger partial charge in [-0.1, -0.05) is 12.1 Å². The predicted octanol–water partition coefficient (Wildman–Crippen LogP) is 1.91. The number of anilines is 1. The van der Waals surface area contributed by atoms with E-state index in [9.17, 15) is 9.59 Å². The molecule has 0 aliphatic heterocycles. The van der Waals surface area contributed by atoms with Crippen LogP contribution in [0.2, 0.25) is 0 Å². The van der Waals surface area contributed by atoms with Crippen molar-refractivity contribution in [3.05, 3.63) is 29.8 Å². The van der Waals surface area contributed by atoms with Crippen LogP contribution in [-0.4, -0.2) is 41.7 Å². The van der Waals surface area contributed by atoms with Crippen LogP contribution in [0.3, 0.4) is 0 Å². The zero-order valence-corrected chi connectivity index (χ0v) is 11.3. The van der Waals surface area contributed by atoms with Crippen molar-refractivity contribution in [1.29, 1.82) is 0 Å². The molecule has 2 rings (SSSR count). The molecule has 0 spiro atoms. The average molecular weight is 278 g/mol. The van der Waals surface area contributed by atoms with Crippen LogP contribution >= 0.6 is 0 Å². The van der Waals surface area contributed by atoms with Gasteiger partial charge in [0.15, 0.2) is 0 Å². The Labute approximate surface area is 117 Å². The topological polar surface area (TPSA) is 78.9 Å². The standard InChI is InChI=1S/C14H18N2O4/c1-20-9-10-3-2-4-11(7-10)15-14(19)16(8-13(17)18)12-5-6-12/h2-4,7,12H,5-6,8-9H2,1H3,(H,15,19)(H,17,18). The summed E-state index contributed by atoms with van der Waals surface area (Å²) in [6.45, 7) is 0.194. The van der Waals surface area contributed by atoms with Crippen molar-refractivity contribution in [3.63, 3.8) is 0 Å². The molecule has 1 aliphatic carbocycles. The average Bonchev–Trinajstić information content (AvgIpc) is 3.20. The van der Waals surface area contributed by atoms with Crippen LogP contribution in [0, 0.1) is 0 Å². The number of carbonyl (C=O) groups is 2. The molecule has 1 saturated carbocycles. The maximum absolute atomic E-state index is 12.1. The van der Waals surface area contributed by atoms with Gasteiger partial charge in [-0.2, -0.15) is 0 Å². The summed E-state index contributed by atoms with van der Waals surface area (Å²) in [5, 5.41) is 11.6. The highest BCUT2D eigenvalue weighted by Gasteiger charge is 2.33. The lowest BCUT2D eigenvalue weighted by atomic mass is 10.2. The van der Waals surface area contributed by atoms with Gasteiger partial charge in [-0.15, -0.1) is 0 Å². The Morgan fingerprint density at radius 2 is 2.20 bits per heavy atom. The summed E-state index contributed by atoms with van der Waals surface area (Å²) in [6.07, 6.45) is 1.73. The summed E-state index contributed by atoms with van der Waals surface area (Å²) < 4.78 is 5.04. The van der Waals surface area contributed by atoms with Gasteiger partial charge >= 0.3 is 12.0 Å². The molecule has 2 N–H and O–H groups in total. The van der Waals surface area contributed by atoms with E-state index in [1.807, 2.05) is 18.2 Å². The first kappa shape index (κ1) is 14.3. The van der Waals surface area contributed by atoms with Gasteiger partial charge in [0, 0.05) is 18.8 Å². The lowest BCUT2D eigenvalue weighted by molar-refractivity contribution is -0.137. The molecule has 2 amide bonds. The van der Waals surface area contributed by atoms with Crippen molar-refractivity contribution < 1.29 is 19.4 Å². The number of carboxylic acid groups (broad SMARTS) is 1. The van der Waals surface area contributed by atoms with Crippen molar-refractivity contribution in [3.8, 4) is 0 Å². The number of hydrogen-bond acceptors (Lipinski definition) is 3. The maximum atomic E-state index is 12.1. The first-order valence-electron chi connectivity index (χ1n) is 6.47. The van der Waals surface area contributed by atoms with E-state index in [0.29, 0.717) is 12.3 Å². The second-order valence-corrected chi connectivity index (χ2v) is 4.82. The summed E-state index contributed by atoms with van der Waals surface area (Å²) in [6, 6.07) is 6.98. The van der Waals surface area contributed by atoms with Crippen LogP contribution in [0.15, 0.2) is 24.3 Å². The number of nitrogens with one attached hydrogen (secondary N) is 1. The summed E-state index contributed by atoms with van der Waals surface area (Å²) in [4.78, 5) is 24.3. The molecule has 20 heavy (non-hydrogen) atoms. The number of benzene rings is 1. The van der Waals surface area contributed by atoms with E-state index in [0.717, 1.165) is 18.4 Å². The van der Waals surface area contributed by atoms with Crippen LogP contribution in [0.5, 0.6) is 0 Å². The molecule has 1 aliphatic rings. The van der Waals surface area contributed by atoms with Crippen molar-refractivity contribution in [2.24, 2.45) is 0 Å². The van der Waals surface area contributed by atoms with E-state index in [-0.39, 0.29) is 18.6 Å². The predicted molar refractivity (Wildman–Crippen MR) is 73.5 cm³/mol. The lowest BCUT2D eigenvalue weighted by Crippen LogP contribution is -2.40. The molecular formula is C14H18N2O4. The molecule has 6 heteroatoms. The molecule has 0 atom stereocenters. The maximum Gasteiger partial charge on any atom is 0.323 e. The first-order chi connectivity index (χ1) is 9.60. The number of amides is 2. The quantitative estimate of drug-likeness (QED) is 0.833. The molecule has 1 fully saturated rings. The largest absolute Gasteiger partial charge is 0.480 e. The Bertz CT molecular complexity index is 500. The number of rotatable bonds is 6. The van der Waals surface area contributed by atoms with Crippen LogP contribution in [0.1, 0.15) is 18.4 Å². The molecule has 0 bridgehead atoms. The minimum absolute atomic E-state index is 0.0493. The smallest absolute Gasteiger partial charge is 0.323 e. The van der Waals surface area contributed by atoms with Crippen molar-refractivity contribution in [2.75, 3.05) is 19.0 Å². The van der Waals surface area contributed by atoms with Crippen molar-refractivity contribution in [2.45, 2.75) is 25.5 Å². The molecule has 0 saturated heterocycles. The normalized spacial score (nSPS) is 13.8. The van der Waals surface area contributed by atoms with Crippen molar-refractivity contribution in [1.82, 2.24) is 4.90 Å². The highest BCUT2D eigenvalue weighted by molar-refractivity contribution is 5.91. The second kappa shape index (κ2) is 6.38. The van der Waals surface area contributed by atoms with E-state index in [2.05, 4.69) is 5.32 Å². The third-order valence-electron chi connectivity index (χ3n) is 3.04. The van der Waals surface area contributed by atoms with Crippen LogP contribution < -0.4 is 5.32 Å². The number of ether oxygens (including phenoxy) is 1. The number of methoxy groups -OCH3 is 1. The summed E-state index contributed by atoms with van der Waals surface area (Å²) in [5.74, 6) is -1.000. The zero-order chi connectivity index (χ0) is 14.5. The van der Waals surface area contributed by atoms with Gasteiger partial charge in [-0.25, -0.2) is 4.79 Å². The Morgan fingerprint density at radius 3 is 2.80 bits per heavy atom. The molecule has 0 unspecified atom stereocenters. The number of aliphatic carboxylic acids is 1. The van der Waals surface area contributed by atoms with Gasteiger partial charge < -0.3 is 20.1 Å². The Hall–Kier alpha value is -2.08. The van der Waals surface area contributed by atoms with E-state index in [1.165, 1.54) is 4.90 Å². The fourth-order valence-electron chi connectivity index (χ4n) is 2.00. The molecule has 0 heterocycles. The minimum atomic E-state index is -1.000. The number of hydrogen-bond donors (Lipinski definition) is 2. The first-order valence-corrected chi connectivity index (χ1v) is 6.47. The molecule has 1 aromatic rings. The number of nitrogens with zero attached hydrogens (tertiary/aromatic N) is 1. The third-order valence-corrected chi connectivity index (χ3v) is 3.04. The molecule has 0 aromatic heterocycles. The van der Waals surface area contributed by atoms with Crippen molar-refractivity contribution >= 4 is 17.7 Å². The summed E-state index contributed by atoms with van der Waals surface area (Å²) >= 11 is 0. The van der Waals surface area contributed by atoms with E-state index in [1.54, 1.807) is 13.2 Å². The fraction of sp³-hybridized carbons (Fsp3) is 0.429. The summed E-state index contributed by atoms with van der Waals surface area (Å²) in [7, 11) is 1.60. The lowest BCUT2D eigenvalue weighted by Gasteiger charge is -2.20. The number of carboxylic acids is 1. The van der Waals surface area contributed by atoms with E-state index < -0.39 is 5.97 Å². The monoisotopic (exact) mass is 278 g/mol. The highest BCUT2D eigenvalue weighted by Crippen LogP contribution is 2.27. The number of carbonyl (C=O) groups excluding carboxylic acids is 1. The third kappa shape index (κ3) is 3.96. The highest BCUT2D eigenvalue weighted by atomic mass is 16.5. The fourth-order valence-corrected chi connectivity index (χ4v) is 2.00. The van der Waals surface area contributed by atoms with Gasteiger partial charge in [0.2, 0.25) is 0 Å². The Balaban J connectivity index is 2.01. The van der Waals surface area contributed by atoms with Crippen LogP contribution in [0.4, 0.5) is 10.5 Å². The van der Waals surface area contributed by atoms with Gasteiger partial charge in [0.25, 0.3) is 0 Å². The van der Waals surface area contributed by atoms with Crippen LogP contribution in [-0.2, 0) is 16.1 Å².